The van der Waals surface area contributed by atoms with Crippen molar-refractivity contribution in [3.8, 4) is 0 Å². The number of aliphatic hydroxyl groups excluding tert-OH is 2. The molecule has 3 N–H and O–H groups in total. The van der Waals surface area contributed by atoms with Crippen molar-refractivity contribution >= 4 is 0 Å². The number of nitrogens with one attached hydrogen (secondary N) is 1. The lowest BCUT2D eigenvalue weighted by Crippen LogP contribution is -2.32. The average Bonchev–Trinajstić information content (AvgIpc) is 2.29. The zero-order chi connectivity index (χ0) is 12.7. The second-order valence-corrected chi connectivity index (χ2v) is 5.20. The molecule has 17 heavy (non-hydrogen) atoms. The van der Waals surface area contributed by atoms with Crippen molar-refractivity contribution in [2.24, 2.45) is 5.41 Å². The van der Waals surface area contributed by atoms with E-state index in [0.29, 0.717) is 6.54 Å². The fourth-order valence-electron chi connectivity index (χ4n) is 1.73. The van der Waals surface area contributed by atoms with Gasteiger partial charge in [-0.3, -0.25) is 0 Å². The van der Waals surface area contributed by atoms with E-state index in [-0.39, 0.29) is 12.0 Å². The summed E-state index contributed by atoms with van der Waals surface area (Å²) in [7, 11) is 0. The Bertz CT molecular complexity index is 311. The van der Waals surface area contributed by atoms with Crippen LogP contribution in [0.15, 0.2) is 30.3 Å². The van der Waals surface area contributed by atoms with E-state index in [2.05, 4.69) is 19.2 Å². The molecule has 0 fully saturated rings. The number of benzene rings is 1. The molecule has 0 aliphatic rings. The molecule has 1 unspecified atom stereocenters. The lowest BCUT2D eigenvalue weighted by Gasteiger charge is -2.24. The van der Waals surface area contributed by atoms with Crippen LogP contribution in [0.3, 0.4) is 0 Å². The highest BCUT2D eigenvalue weighted by Gasteiger charge is 2.17. The quantitative estimate of drug-likeness (QED) is 0.677. The third-order valence-electron chi connectivity index (χ3n) is 2.91. The van der Waals surface area contributed by atoms with Gasteiger partial charge in [0.2, 0.25) is 0 Å². The van der Waals surface area contributed by atoms with Gasteiger partial charge in [0, 0.05) is 19.7 Å². The van der Waals surface area contributed by atoms with E-state index >= 15 is 0 Å². The highest BCUT2D eigenvalue weighted by atomic mass is 16.3. The lowest BCUT2D eigenvalue weighted by atomic mass is 9.89. The van der Waals surface area contributed by atoms with Crippen molar-refractivity contribution in [1.82, 2.24) is 5.32 Å². The molecule has 0 heterocycles. The molecule has 0 saturated heterocycles. The molecule has 0 saturated carbocycles. The molecule has 0 amide bonds. The first-order valence-corrected chi connectivity index (χ1v) is 6.10. The molecule has 1 rings (SSSR count). The van der Waals surface area contributed by atoms with E-state index < -0.39 is 6.10 Å². The second-order valence-electron chi connectivity index (χ2n) is 5.20. The van der Waals surface area contributed by atoms with E-state index in [1.165, 1.54) is 0 Å². The van der Waals surface area contributed by atoms with E-state index in [9.17, 15) is 5.11 Å². The van der Waals surface area contributed by atoms with Gasteiger partial charge in [0.25, 0.3) is 0 Å². The summed E-state index contributed by atoms with van der Waals surface area (Å²) in [4.78, 5) is 0. The maximum Gasteiger partial charge on any atom is 0.0914 e. The summed E-state index contributed by atoms with van der Waals surface area (Å²) in [5.41, 5.74) is 0.991. The minimum Gasteiger partial charge on any atom is -0.396 e. The molecule has 3 heteroatoms. The zero-order valence-corrected chi connectivity index (χ0v) is 10.7. The maximum absolute atomic E-state index is 9.94. The Morgan fingerprint density at radius 3 is 2.47 bits per heavy atom. The van der Waals surface area contributed by atoms with Gasteiger partial charge < -0.3 is 15.5 Å². The molecule has 0 aliphatic carbocycles. The van der Waals surface area contributed by atoms with Crippen LogP contribution in [0.2, 0.25) is 0 Å². The van der Waals surface area contributed by atoms with Gasteiger partial charge in [-0.15, -0.1) is 0 Å². The molecule has 0 spiro atoms. The Labute approximate surface area is 103 Å². The highest BCUT2D eigenvalue weighted by molar-refractivity contribution is 5.17. The van der Waals surface area contributed by atoms with Gasteiger partial charge in [-0.05, 0) is 17.4 Å². The summed E-state index contributed by atoms with van der Waals surface area (Å²) in [6, 6.07) is 9.63. The molecule has 0 bridgehead atoms. The SMILES string of the molecule is CC(C)(CCO)CNCC(O)c1ccccc1. The third-order valence-corrected chi connectivity index (χ3v) is 2.91. The van der Waals surface area contributed by atoms with E-state index in [0.717, 1.165) is 18.5 Å². The highest BCUT2D eigenvalue weighted by Crippen LogP contribution is 2.18. The van der Waals surface area contributed by atoms with Gasteiger partial charge >= 0.3 is 0 Å². The molecule has 3 nitrogen and oxygen atoms in total. The summed E-state index contributed by atoms with van der Waals surface area (Å²) in [5, 5.41) is 22.1. The van der Waals surface area contributed by atoms with Crippen LogP contribution in [0.5, 0.6) is 0 Å². The Morgan fingerprint density at radius 1 is 1.24 bits per heavy atom. The average molecular weight is 237 g/mol. The number of rotatable bonds is 7. The smallest absolute Gasteiger partial charge is 0.0914 e. The van der Waals surface area contributed by atoms with Gasteiger partial charge in [-0.2, -0.15) is 0 Å². The minimum atomic E-state index is -0.471. The van der Waals surface area contributed by atoms with Crippen molar-refractivity contribution < 1.29 is 10.2 Å². The van der Waals surface area contributed by atoms with Crippen molar-refractivity contribution in [2.75, 3.05) is 19.7 Å². The maximum atomic E-state index is 9.94. The molecular weight excluding hydrogens is 214 g/mol. The minimum absolute atomic E-state index is 0.0607. The molecule has 1 atom stereocenters. The first-order chi connectivity index (χ1) is 8.05. The van der Waals surface area contributed by atoms with Gasteiger partial charge in [-0.1, -0.05) is 44.2 Å². The van der Waals surface area contributed by atoms with Crippen LogP contribution in [0, 0.1) is 5.41 Å². The fraction of sp³-hybridized carbons (Fsp3) is 0.571. The normalized spacial score (nSPS) is 13.6. The summed E-state index contributed by atoms with van der Waals surface area (Å²) in [6.07, 6.45) is 0.294. The van der Waals surface area contributed by atoms with Gasteiger partial charge in [-0.25, -0.2) is 0 Å². The number of hydrogen-bond acceptors (Lipinski definition) is 3. The monoisotopic (exact) mass is 237 g/mol. The van der Waals surface area contributed by atoms with Crippen LogP contribution in [0.1, 0.15) is 31.9 Å². The van der Waals surface area contributed by atoms with E-state index in [1.54, 1.807) is 0 Å². The van der Waals surface area contributed by atoms with Crippen molar-refractivity contribution in [1.29, 1.82) is 0 Å². The molecule has 1 aromatic carbocycles. The Balaban J connectivity index is 2.32. The van der Waals surface area contributed by atoms with Crippen molar-refractivity contribution in [3.05, 3.63) is 35.9 Å². The largest absolute Gasteiger partial charge is 0.396 e. The summed E-state index contributed by atoms with van der Waals surface area (Å²) in [5.74, 6) is 0. The molecule has 0 radical (unpaired) electrons. The summed E-state index contributed by atoms with van der Waals surface area (Å²) >= 11 is 0. The van der Waals surface area contributed by atoms with Crippen molar-refractivity contribution in [2.45, 2.75) is 26.4 Å². The van der Waals surface area contributed by atoms with Gasteiger partial charge in [0.15, 0.2) is 0 Å². The van der Waals surface area contributed by atoms with Crippen molar-refractivity contribution in [3.63, 3.8) is 0 Å². The Hall–Kier alpha value is -0.900. The van der Waals surface area contributed by atoms with Crippen LogP contribution in [0.25, 0.3) is 0 Å². The standard InChI is InChI=1S/C14H23NO2/c1-14(2,8-9-16)11-15-10-13(17)12-6-4-3-5-7-12/h3-7,13,15-17H,8-11H2,1-2H3. The molecule has 0 aromatic heterocycles. The predicted molar refractivity (Wildman–Crippen MR) is 69.8 cm³/mol. The molecule has 0 aliphatic heterocycles. The molecule has 96 valence electrons. The summed E-state index contributed by atoms with van der Waals surface area (Å²) < 4.78 is 0. The van der Waals surface area contributed by atoms with E-state index in [1.807, 2.05) is 30.3 Å². The fourth-order valence-corrected chi connectivity index (χ4v) is 1.73. The Kier molecular flexibility index (Phi) is 5.62. The lowest BCUT2D eigenvalue weighted by molar-refractivity contribution is 0.161. The van der Waals surface area contributed by atoms with Crippen LogP contribution in [-0.4, -0.2) is 29.9 Å². The first kappa shape index (κ1) is 14.2. The van der Waals surface area contributed by atoms with E-state index in [4.69, 9.17) is 5.11 Å². The second kappa shape index (κ2) is 6.74. The Morgan fingerprint density at radius 2 is 1.88 bits per heavy atom. The molecular formula is C14H23NO2. The van der Waals surface area contributed by atoms with Crippen LogP contribution >= 0.6 is 0 Å². The van der Waals surface area contributed by atoms with Gasteiger partial charge in [0.1, 0.15) is 0 Å². The number of aliphatic hydroxyl groups is 2. The first-order valence-electron chi connectivity index (χ1n) is 6.10. The van der Waals surface area contributed by atoms with Crippen LogP contribution in [0.4, 0.5) is 0 Å². The van der Waals surface area contributed by atoms with Gasteiger partial charge in [0.05, 0.1) is 6.10 Å². The molecule has 1 aromatic rings. The zero-order valence-electron chi connectivity index (χ0n) is 10.7. The summed E-state index contributed by atoms with van der Waals surface area (Å²) in [6.45, 7) is 5.74. The van der Waals surface area contributed by atoms with Crippen LogP contribution in [-0.2, 0) is 0 Å². The predicted octanol–water partition coefficient (Wildman–Crippen LogP) is 1.72. The number of hydrogen-bond donors (Lipinski definition) is 3. The topological polar surface area (TPSA) is 52.5 Å². The van der Waals surface area contributed by atoms with Crippen LogP contribution < -0.4 is 5.32 Å². The third kappa shape index (κ3) is 5.31.